The Bertz CT molecular complexity index is 539. The van der Waals surface area contributed by atoms with E-state index in [2.05, 4.69) is 13.8 Å². The Balaban J connectivity index is 1.73. The van der Waals surface area contributed by atoms with Crippen LogP contribution in [-0.2, 0) is 4.79 Å². The fourth-order valence-corrected chi connectivity index (χ4v) is 6.58. The molecule has 0 unspecified atom stereocenters. The molecule has 0 aromatic rings. The summed E-state index contributed by atoms with van der Waals surface area (Å²) in [4.78, 5) is 11.8. The Morgan fingerprint density at radius 2 is 1.86 bits per heavy atom. The van der Waals surface area contributed by atoms with Crippen molar-refractivity contribution in [3.05, 3.63) is 11.6 Å². The second-order valence-corrected chi connectivity index (χ2v) is 8.75. The number of ketones is 1. The third-order valence-electron chi connectivity index (χ3n) is 7.93. The summed E-state index contributed by atoms with van der Waals surface area (Å²) in [6.45, 7) is 4.54. The first-order chi connectivity index (χ1) is 10.4. The molecule has 7 atom stereocenters. The van der Waals surface area contributed by atoms with E-state index in [0.717, 1.165) is 44.1 Å². The van der Waals surface area contributed by atoms with Crippen molar-refractivity contribution in [3.8, 4) is 0 Å². The average molecular weight is 304 g/mol. The maximum atomic E-state index is 11.8. The van der Waals surface area contributed by atoms with Crippen molar-refractivity contribution in [3.63, 3.8) is 0 Å². The molecule has 0 radical (unpaired) electrons. The zero-order valence-corrected chi connectivity index (χ0v) is 13.7. The monoisotopic (exact) mass is 304 g/mol. The fraction of sp³-hybridized carbons (Fsp3) is 0.842. The van der Waals surface area contributed by atoms with Crippen LogP contribution in [0.1, 0.15) is 58.8 Å². The van der Waals surface area contributed by atoms with Crippen molar-refractivity contribution < 1.29 is 15.0 Å². The minimum Gasteiger partial charge on any atom is -0.393 e. The van der Waals surface area contributed by atoms with Gasteiger partial charge in [-0.15, -0.1) is 0 Å². The van der Waals surface area contributed by atoms with E-state index in [1.165, 1.54) is 0 Å². The maximum absolute atomic E-state index is 11.8. The molecular weight excluding hydrogens is 276 g/mol. The van der Waals surface area contributed by atoms with E-state index in [-0.39, 0.29) is 22.7 Å². The van der Waals surface area contributed by atoms with Crippen LogP contribution in [-0.4, -0.2) is 28.2 Å². The summed E-state index contributed by atoms with van der Waals surface area (Å²) in [6, 6.07) is 0. The first-order valence-electron chi connectivity index (χ1n) is 8.97. The molecule has 0 amide bonds. The molecule has 0 aromatic heterocycles. The van der Waals surface area contributed by atoms with E-state index in [4.69, 9.17) is 0 Å². The van der Waals surface area contributed by atoms with Crippen molar-refractivity contribution in [2.45, 2.75) is 71.0 Å². The highest BCUT2D eigenvalue weighted by molar-refractivity contribution is 5.91. The van der Waals surface area contributed by atoms with Crippen LogP contribution in [0.3, 0.4) is 0 Å². The number of hydrogen-bond donors (Lipinski definition) is 2. The van der Waals surface area contributed by atoms with Crippen LogP contribution in [0.25, 0.3) is 0 Å². The van der Waals surface area contributed by atoms with Gasteiger partial charge in [0.25, 0.3) is 0 Å². The molecule has 0 aliphatic heterocycles. The Hall–Kier alpha value is -0.670. The zero-order valence-electron chi connectivity index (χ0n) is 13.7. The third-order valence-corrected chi connectivity index (χ3v) is 7.93. The van der Waals surface area contributed by atoms with Gasteiger partial charge in [-0.1, -0.05) is 13.8 Å². The number of aliphatic hydroxyl groups excluding tert-OH is 2. The summed E-state index contributed by atoms with van der Waals surface area (Å²) in [5.41, 5.74) is 1.04. The molecule has 0 bridgehead atoms. The normalized spacial score (nSPS) is 54.3. The molecule has 0 aromatic carbocycles. The van der Waals surface area contributed by atoms with E-state index in [0.29, 0.717) is 24.2 Å². The van der Waals surface area contributed by atoms with Gasteiger partial charge in [0.2, 0.25) is 0 Å². The van der Waals surface area contributed by atoms with Gasteiger partial charge >= 0.3 is 0 Å². The largest absolute Gasteiger partial charge is 0.393 e. The van der Waals surface area contributed by atoms with Crippen molar-refractivity contribution >= 4 is 5.78 Å². The molecule has 4 rings (SSSR count). The van der Waals surface area contributed by atoms with Gasteiger partial charge in [0.1, 0.15) is 0 Å². The first-order valence-corrected chi connectivity index (χ1v) is 8.97. The van der Waals surface area contributed by atoms with Crippen LogP contribution in [0.15, 0.2) is 11.6 Å². The summed E-state index contributed by atoms with van der Waals surface area (Å²) in [5, 5.41) is 21.2. The van der Waals surface area contributed by atoms with Gasteiger partial charge in [0, 0.05) is 6.42 Å². The van der Waals surface area contributed by atoms with Crippen molar-refractivity contribution in [1.29, 1.82) is 0 Å². The molecule has 3 fully saturated rings. The molecule has 0 spiro atoms. The summed E-state index contributed by atoms with van der Waals surface area (Å²) >= 11 is 0. The SMILES string of the molecule is C[C@@]12CC[C@@H]3[C@H](C[C@H](O)C4=CC(=O)CC[C@]43C)[C@H]1CC[C@H]2O. The average Bonchev–Trinajstić information content (AvgIpc) is 2.77. The highest BCUT2D eigenvalue weighted by Gasteiger charge is 2.60. The minimum absolute atomic E-state index is 0.00881. The van der Waals surface area contributed by atoms with Gasteiger partial charge < -0.3 is 10.2 Å². The van der Waals surface area contributed by atoms with Crippen LogP contribution in [0.5, 0.6) is 0 Å². The van der Waals surface area contributed by atoms with Crippen LogP contribution >= 0.6 is 0 Å². The molecule has 22 heavy (non-hydrogen) atoms. The van der Waals surface area contributed by atoms with Gasteiger partial charge in [-0.05, 0) is 78.8 Å². The molecule has 3 nitrogen and oxygen atoms in total. The quantitative estimate of drug-likeness (QED) is 0.723. The predicted octanol–water partition coefficient (Wildman–Crippen LogP) is 2.85. The molecule has 3 saturated carbocycles. The molecule has 3 heteroatoms. The lowest BCUT2D eigenvalue weighted by Crippen LogP contribution is -2.54. The summed E-state index contributed by atoms with van der Waals surface area (Å²) in [6.07, 6.45) is 7.65. The molecule has 0 saturated heterocycles. The summed E-state index contributed by atoms with van der Waals surface area (Å²) in [7, 11) is 0. The second kappa shape index (κ2) is 4.67. The van der Waals surface area contributed by atoms with E-state index in [1.54, 1.807) is 6.08 Å². The van der Waals surface area contributed by atoms with E-state index in [9.17, 15) is 15.0 Å². The van der Waals surface area contributed by atoms with Crippen LogP contribution < -0.4 is 0 Å². The van der Waals surface area contributed by atoms with Crippen molar-refractivity contribution in [2.24, 2.45) is 28.6 Å². The van der Waals surface area contributed by atoms with Gasteiger partial charge in [-0.25, -0.2) is 0 Å². The number of hydrogen-bond acceptors (Lipinski definition) is 3. The number of aliphatic hydroxyl groups is 2. The first kappa shape index (κ1) is 14.9. The van der Waals surface area contributed by atoms with Gasteiger partial charge in [0.15, 0.2) is 5.78 Å². The topological polar surface area (TPSA) is 57.5 Å². The lowest BCUT2D eigenvalue weighted by atomic mass is 9.47. The van der Waals surface area contributed by atoms with Crippen LogP contribution in [0.4, 0.5) is 0 Å². The van der Waals surface area contributed by atoms with Gasteiger partial charge in [0.05, 0.1) is 12.2 Å². The summed E-state index contributed by atoms with van der Waals surface area (Å²) < 4.78 is 0. The van der Waals surface area contributed by atoms with Crippen molar-refractivity contribution in [2.75, 3.05) is 0 Å². The Labute approximate surface area is 132 Å². The van der Waals surface area contributed by atoms with Crippen LogP contribution in [0.2, 0.25) is 0 Å². The second-order valence-electron chi connectivity index (χ2n) is 8.75. The zero-order chi connectivity index (χ0) is 15.7. The Morgan fingerprint density at radius 1 is 1.09 bits per heavy atom. The fourth-order valence-electron chi connectivity index (χ4n) is 6.58. The van der Waals surface area contributed by atoms with E-state index in [1.807, 2.05) is 0 Å². The van der Waals surface area contributed by atoms with Gasteiger partial charge in [-0.3, -0.25) is 4.79 Å². The van der Waals surface area contributed by atoms with Crippen LogP contribution in [0, 0.1) is 28.6 Å². The molecular formula is C19H28O3. The Morgan fingerprint density at radius 3 is 2.64 bits per heavy atom. The third kappa shape index (κ3) is 1.78. The van der Waals surface area contributed by atoms with E-state index >= 15 is 0 Å². The molecule has 2 N–H and O–H groups in total. The highest BCUT2D eigenvalue weighted by atomic mass is 16.3. The lowest BCUT2D eigenvalue weighted by molar-refractivity contribution is -0.120. The van der Waals surface area contributed by atoms with E-state index < -0.39 is 6.10 Å². The predicted molar refractivity (Wildman–Crippen MR) is 84.1 cm³/mol. The van der Waals surface area contributed by atoms with Gasteiger partial charge in [-0.2, -0.15) is 0 Å². The molecule has 4 aliphatic rings. The molecule has 4 aliphatic carbocycles. The lowest BCUT2D eigenvalue weighted by Gasteiger charge is -2.58. The molecule has 122 valence electrons. The molecule has 0 heterocycles. The summed E-state index contributed by atoms with van der Waals surface area (Å²) in [5.74, 6) is 1.79. The standard InChI is InChI=1S/C19H28O3/c1-18-7-5-11(20)9-15(18)16(21)10-12-13-3-4-17(22)19(13,2)8-6-14(12)18/h9,12-14,16-17,21-22H,3-8,10H2,1-2H3/t12-,13-,14-,16+,17-,18+,19-/m1/s1. The minimum atomic E-state index is -0.462. The highest BCUT2D eigenvalue weighted by Crippen LogP contribution is 2.65. The smallest absolute Gasteiger partial charge is 0.155 e. The Kier molecular flexibility index (Phi) is 3.16. The number of carbonyl (C=O) groups excluding carboxylic acids is 1. The number of fused-ring (bicyclic) bond motifs is 5. The number of rotatable bonds is 0. The number of carbonyl (C=O) groups is 1. The van der Waals surface area contributed by atoms with Crippen molar-refractivity contribution in [1.82, 2.24) is 0 Å². The maximum Gasteiger partial charge on any atom is 0.155 e.